The molecular weight excluding hydrogens is 398 g/mol. The predicted octanol–water partition coefficient (Wildman–Crippen LogP) is 1.50. The van der Waals surface area contributed by atoms with Crippen LogP contribution in [-0.2, 0) is 20.8 Å². The summed E-state index contributed by atoms with van der Waals surface area (Å²) in [6.45, 7) is 0.673. The number of benzene rings is 2. The second-order valence-corrected chi connectivity index (χ2v) is 6.74. The van der Waals surface area contributed by atoms with Crippen LogP contribution in [0.15, 0.2) is 48.5 Å². The number of esters is 1. The van der Waals surface area contributed by atoms with Crippen molar-refractivity contribution in [3.63, 3.8) is 0 Å². The van der Waals surface area contributed by atoms with Crippen molar-refractivity contribution < 1.29 is 37.5 Å². The van der Waals surface area contributed by atoms with Crippen LogP contribution in [0, 0.1) is 0 Å². The van der Waals surface area contributed by atoms with Gasteiger partial charge in [0, 0.05) is 5.56 Å². The number of hydrogen-bond acceptors (Lipinski definition) is 5. The van der Waals surface area contributed by atoms with E-state index < -0.39 is 25.1 Å². The highest BCUT2D eigenvalue weighted by Crippen LogP contribution is 2.25. The van der Waals surface area contributed by atoms with Gasteiger partial charge in [-0.2, -0.15) is 8.78 Å². The molecule has 0 atom stereocenters. The lowest BCUT2D eigenvalue weighted by Crippen LogP contribution is -3.12. The molecule has 2 N–H and O–H groups in total. The summed E-state index contributed by atoms with van der Waals surface area (Å²) in [6.07, 6.45) is 0. The fourth-order valence-corrected chi connectivity index (χ4v) is 3.05. The minimum atomic E-state index is -3.02. The van der Waals surface area contributed by atoms with Crippen LogP contribution in [0.2, 0.25) is 0 Å². The van der Waals surface area contributed by atoms with Gasteiger partial charge in [-0.15, -0.1) is 0 Å². The first kappa shape index (κ1) is 21.7. The predicted molar refractivity (Wildman–Crippen MR) is 104 cm³/mol. The van der Waals surface area contributed by atoms with Gasteiger partial charge in [-0.1, -0.05) is 24.3 Å². The number of alkyl halides is 2. The van der Waals surface area contributed by atoms with Crippen molar-refractivity contribution in [3.05, 3.63) is 59.7 Å². The lowest BCUT2D eigenvalue weighted by Gasteiger charge is -2.23. The fourth-order valence-electron chi connectivity index (χ4n) is 3.05. The molecule has 0 aliphatic carbocycles. The molecule has 7 nitrogen and oxygen atoms in total. The summed E-state index contributed by atoms with van der Waals surface area (Å²) in [4.78, 5) is 25.6. The Hall–Kier alpha value is -3.04. The molecule has 1 amide bonds. The number of quaternary nitrogens is 1. The van der Waals surface area contributed by atoms with Gasteiger partial charge in [0.1, 0.15) is 25.4 Å². The first-order valence-corrected chi connectivity index (χ1v) is 9.52. The van der Waals surface area contributed by atoms with E-state index in [0.29, 0.717) is 5.56 Å². The largest absolute Gasteiger partial charge is 0.452 e. The lowest BCUT2D eigenvalue weighted by atomic mass is 10.1. The van der Waals surface area contributed by atoms with Crippen molar-refractivity contribution in [2.45, 2.75) is 13.2 Å². The van der Waals surface area contributed by atoms with Gasteiger partial charge >= 0.3 is 12.6 Å². The topological polar surface area (TPSA) is 78.3 Å². The number of halogens is 2. The monoisotopic (exact) mass is 421 g/mol. The normalized spacial score (nSPS) is 14.4. The highest BCUT2D eigenvalue weighted by molar-refractivity contribution is 5.96. The molecule has 1 saturated heterocycles. The number of ether oxygens (including phenoxy) is 3. The molecule has 0 unspecified atom stereocenters. The molecule has 1 aliphatic heterocycles. The van der Waals surface area contributed by atoms with Crippen molar-refractivity contribution in [2.24, 2.45) is 0 Å². The molecule has 2 aromatic carbocycles. The molecule has 1 fully saturated rings. The third-order valence-electron chi connectivity index (χ3n) is 4.56. The Morgan fingerprint density at radius 1 is 1.07 bits per heavy atom. The summed E-state index contributed by atoms with van der Waals surface area (Å²) in [5.41, 5.74) is 1.48. The Labute approximate surface area is 172 Å². The molecule has 3 rings (SSSR count). The second kappa shape index (κ2) is 10.7. The van der Waals surface area contributed by atoms with Gasteiger partial charge in [0.25, 0.3) is 5.91 Å². The minimum absolute atomic E-state index is 0.0637. The molecule has 0 saturated carbocycles. The minimum Gasteiger partial charge on any atom is -0.452 e. The number of carbonyl (C=O) groups excluding carboxylic acids is 2. The van der Waals surface area contributed by atoms with E-state index in [9.17, 15) is 18.4 Å². The third-order valence-corrected chi connectivity index (χ3v) is 4.56. The molecular formula is C21H23F2N2O5+. The number of rotatable bonds is 8. The number of nitrogens with one attached hydrogen (secondary N) is 2. The number of hydrogen-bond donors (Lipinski definition) is 2. The van der Waals surface area contributed by atoms with Crippen LogP contribution in [0.3, 0.4) is 0 Å². The standard InChI is InChI=1S/C21H22F2N2O5/c22-21(23)30-18-4-2-1-3-17(18)24-19(26)14-29-20(27)16-7-5-15(6-8-16)13-25-9-11-28-12-10-25/h1-8,21H,9-14H2,(H,24,26)/p+1. The van der Waals surface area contributed by atoms with E-state index in [4.69, 9.17) is 9.47 Å². The average molecular weight is 421 g/mol. The third kappa shape index (κ3) is 6.50. The number of amides is 1. The van der Waals surface area contributed by atoms with Gasteiger partial charge in [-0.25, -0.2) is 4.79 Å². The zero-order valence-corrected chi connectivity index (χ0v) is 16.2. The molecule has 160 valence electrons. The van der Waals surface area contributed by atoms with E-state index in [1.165, 1.54) is 23.1 Å². The van der Waals surface area contributed by atoms with Crippen molar-refractivity contribution >= 4 is 17.6 Å². The van der Waals surface area contributed by atoms with Crippen molar-refractivity contribution in [2.75, 3.05) is 38.2 Å². The van der Waals surface area contributed by atoms with Crippen molar-refractivity contribution in [1.29, 1.82) is 0 Å². The number of morpholine rings is 1. The summed E-state index contributed by atoms with van der Waals surface area (Å²) < 4.78 is 39.5. The van der Waals surface area contributed by atoms with Gasteiger partial charge in [-0.05, 0) is 24.3 Å². The Kier molecular flexibility index (Phi) is 7.69. The summed E-state index contributed by atoms with van der Waals surface area (Å²) in [5, 5.41) is 2.39. The van der Waals surface area contributed by atoms with Crippen molar-refractivity contribution in [1.82, 2.24) is 0 Å². The van der Waals surface area contributed by atoms with E-state index >= 15 is 0 Å². The van der Waals surface area contributed by atoms with Gasteiger partial charge < -0.3 is 24.4 Å². The van der Waals surface area contributed by atoms with Gasteiger partial charge in [0.15, 0.2) is 6.61 Å². The van der Waals surface area contributed by atoms with E-state index in [2.05, 4.69) is 10.1 Å². The van der Waals surface area contributed by atoms with Crippen LogP contribution < -0.4 is 15.0 Å². The highest BCUT2D eigenvalue weighted by Gasteiger charge is 2.16. The number of carbonyl (C=O) groups is 2. The zero-order chi connectivity index (χ0) is 21.3. The SMILES string of the molecule is O=C(COC(=O)c1ccc(C[NH+]2CCOCC2)cc1)Nc1ccccc1OC(F)F. The maximum Gasteiger partial charge on any atom is 0.387 e. The first-order valence-electron chi connectivity index (χ1n) is 9.52. The van der Waals surface area contributed by atoms with Crippen LogP contribution in [0.25, 0.3) is 0 Å². The van der Waals surface area contributed by atoms with Gasteiger partial charge in [-0.3, -0.25) is 4.79 Å². The molecule has 0 aromatic heterocycles. The van der Waals surface area contributed by atoms with E-state index in [1.54, 1.807) is 18.2 Å². The van der Waals surface area contributed by atoms with E-state index in [-0.39, 0.29) is 11.4 Å². The molecule has 0 spiro atoms. The van der Waals surface area contributed by atoms with Crippen LogP contribution in [0.5, 0.6) is 5.75 Å². The second-order valence-electron chi connectivity index (χ2n) is 6.74. The number of anilines is 1. The van der Waals surface area contributed by atoms with Crippen LogP contribution in [-0.4, -0.2) is 51.4 Å². The molecule has 1 heterocycles. The molecule has 30 heavy (non-hydrogen) atoms. The molecule has 2 aromatic rings. The average Bonchev–Trinajstić information content (AvgIpc) is 2.74. The Morgan fingerprint density at radius 3 is 2.47 bits per heavy atom. The lowest BCUT2D eigenvalue weighted by molar-refractivity contribution is -0.921. The summed E-state index contributed by atoms with van der Waals surface area (Å²) in [7, 11) is 0. The van der Waals surface area contributed by atoms with E-state index in [0.717, 1.165) is 38.4 Å². The molecule has 9 heteroatoms. The summed E-state index contributed by atoms with van der Waals surface area (Å²) in [5.74, 6) is -1.49. The Balaban J connectivity index is 1.48. The summed E-state index contributed by atoms with van der Waals surface area (Å²) in [6, 6.07) is 12.8. The van der Waals surface area contributed by atoms with Crippen LogP contribution in [0.1, 0.15) is 15.9 Å². The first-order chi connectivity index (χ1) is 14.5. The zero-order valence-electron chi connectivity index (χ0n) is 16.2. The van der Waals surface area contributed by atoms with Gasteiger partial charge in [0.2, 0.25) is 0 Å². The quantitative estimate of drug-likeness (QED) is 0.632. The maximum absolute atomic E-state index is 12.4. The maximum atomic E-state index is 12.4. The fraction of sp³-hybridized carbons (Fsp3) is 0.333. The van der Waals surface area contributed by atoms with Gasteiger partial charge in [0.05, 0.1) is 24.5 Å². The van der Waals surface area contributed by atoms with Crippen molar-refractivity contribution in [3.8, 4) is 5.75 Å². The summed E-state index contributed by atoms with van der Waals surface area (Å²) >= 11 is 0. The molecule has 1 aliphatic rings. The van der Waals surface area contributed by atoms with Crippen LogP contribution in [0.4, 0.5) is 14.5 Å². The van der Waals surface area contributed by atoms with Crippen LogP contribution >= 0.6 is 0 Å². The number of para-hydroxylation sites is 2. The Morgan fingerprint density at radius 2 is 1.77 bits per heavy atom. The Bertz CT molecular complexity index is 855. The molecule has 0 bridgehead atoms. The molecule has 0 radical (unpaired) electrons. The smallest absolute Gasteiger partial charge is 0.387 e. The van der Waals surface area contributed by atoms with E-state index in [1.807, 2.05) is 12.1 Å². The highest BCUT2D eigenvalue weighted by atomic mass is 19.3.